The average molecular weight is 233 g/mol. The van der Waals surface area contributed by atoms with Gasteiger partial charge in [-0.25, -0.2) is 9.97 Å². The van der Waals surface area contributed by atoms with Crippen molar-refractivity contribution < 1.29 is 4.74 Å². The van der Waals surface area contributed by atoms with Gasteiger partial charge in [-0.2, -0.15) is 0 Å². The Balaban J connectivity index is 1.81. The van der Waals surface area contributed by atoms with Gasteiger partial charge in [-0.3, -0.25) is 0 Å². The van der Waals surface area contributed by atoms with Gasteiger partial charge in [0.15, 0.2) is 0 Å². The van der Waals surface area contributed by atoms with Crippen LogP contribution in [0.4, 0.5) is 5.95 Å². The molecule has 17 heavy (non-hydrogen) atoms. The summed E-state index contributed by atoms with van der Waals surface area (Å²) in [6, 6.07) is 2.02. The van der Waals surface area contributed by atoms with E-state index < -0.39 is 0 Å². The Morgan fingerprint density at radius 3 is 2.65 bits per heavy atom. The molecule has 3 heterocycles. The number of aromatic nitrogens is 2. The molecule has 0 amide bonds. The molecule has 1 spiro atoms. The summed E-state index contributed by atoms with van der Waals surface area (Å²) in [6.45, 7) is 8.00. The highest BCUT2D eigenvalue weighted by Crippen LogP contribution is 2.39. The molecule has 1 atom stereocenters. The molecule has 0 aromatic carbocycles. The van der Waals surface area contributed by atoms with Gasteiger partial charge in [0.2, 0.25) is 5.95 Å². The second-order valence-electron chi connectivity index (χ2n) is 5.42. The molecule has 92 valence electrons. The number of hydrogen-bond acceptors (Lipinski definition) is 4. The minimum absolute atomic E-state index is 0.376. The first kappa shape index (κ1) is 11.0. The van der Waals surface area contributed by atoms with Gasteiger partial charge in [-0.05, 0) is 32.8 Å². The minimum Gasteiger partial charge on any atom is -0.381 e. The van der Waals surface area contributed by atoms with Crippen molar-refractivity contribution in [3.8, 4) is 0 Å². The Bertz CT molecular complexity index is 406. The van der Waals surface area contributed by atoms with Crippen LogP contribution in [-0.4, -0.2) is 36.3 Å². The molecule has 2 aliphatic heterocycles. The lowest BCUT2D eigenvalue weighted by Gasteiger charge is -2.22. The van der Waals surface area contributed by atoms with E-state index in [4.69, 9.17) is 4.74 Å². The predicted molar refractivity (Wildman–Crippen MR) is 66.2 cm³/mol. The lowest BCUT2D eigenvalue weighted by Crippen LogP contribution is -2.28. The van der Waals surface area contributed by atoms with E-state index in [9.17, 15) is 0 Å². The highest BCUT2D eigenvalue weighted by molar-refractivity contribution is 5.35. The minimum atomic E-state index is 0.376. The van der Waals surface area contributed by atoms with Crippen LogP contribution in [0.25, 0.3) is 0 Å². The van der Waals surface area contributed by atoms with Crippen molar-refractivity contribution in [3.63, 3.8) is 0 Å². The smallest absolute Gasteiger partial charge is 0.225 e. The first-order chi connectivity index (χ1) is 8.17. The molecule has 1 aromatic rings. The molecule has 3 rings (SSSR count). The van der Waals surface area contributed by atoms with Gasteiger partial charge in [0, 0.05) is 36.5 Å². The van der Waals surface area contributed by atoms with E-state index in [0.29, 0.717) is 5.41 Å². The Labute approximate surface area is 102 Å². The molecule has 0 saturated carbocycles. The summed E-state index contributed by atoms with van der Waals surface area (Å²) in [6.07, 6.45) is 2.40. The predicted octanol–water partition coefficient (Wildman–Crippen LogP) is 1.71. The summed E-state index contributed by atoms with van der Waals surface area (Å²) >= 11 is 0. The maximum Gasteiger partial charge on any atom is 0.225 e. The van der Waals surface area contributed by atoms with Gasteiger partial charge in [0.1, 0.15) is 0 Å². The van der Waals surface area contributed by atoms with Crippen LogP contribution in [0.15, 0.2) is 6.07 Å². The van der Waals surface area contributed by atoms with E-state index in [-0.39, 0.29) is 0 Å². The molecule has 4 nitrogen and oxygen atoms in total. The first-order valence-corrected chi connectivity index (χ1v) is 6.32. The van der Waals surface area contributed by atoms with Gasteiger partial charge in [0.25, 0.3) is 0 Å². The first-order valence-electron chi connectivity index (χ1n) is 6.32. The summed E-state index contributed by atoms with van der Waals surface area (Å²) in [5.74, 6) is 0.895. The standard InChI is InChI=1S/C13H19N3O/c1-10-7-11(2)15-12(14-10)16-5-3-13(8-16)4-6-17-9-13/h7H,3-6,8-9H2,1-2H3/t13-/m0/s1. The molecule has 4 heteroatoms. The van der Waals surface area contributed by atoms with Crippen LogP contribution < -0.4 is 4.90 Å². The maximum absolute atomic E-state index is 5.55. The van der Waals surface area contributed by atoms with Crippen LogP contribution >= 0.6 is 0 Å². The molecule has 0 radical (unpaired) electrons. The molecule has 2 fully saturated rings. The Morgan fingerprint density at radius 1 is 1.24 bits per heavy atom. The summed E-state index contributed by atoms with van der Waals surface area (Å²) in [5, 5.41) is 0. The van der Waals surface area contributed by atoms with Crippen molar-refractivity contribution in [2.45, 2.75) is 26.7 Å². The lowest BCUT2D eigenvalue weighted by atomic mass is 9.87. The zero-order valence-corrected chi connectivity index (χ0v) is 10.6. The van der Waals surface area contributed by atoms with Gasteiger partial charge in [0.05, 0.1) is 6.61 Å². The molecule has 0 N–H and O–H groups in total. The molecule has 0 aliphatic carbocycles. The SMILES string of the molecule is Cc1cc(C)nc(N2CC[C@]3(CCOC3)C2)n1. The van der Waals surface area contributed by atoms with Gasteiger partial charge >= 0.3 is 0 Å². The van der Waals surface area contributed by atoms with Gasteiger partial charge in [-0.15, -0.1) is 0 Å². The van der Waals surface area contributed by atoms with Crippen LogP contribution in [0.5, 0.6) is 0 Å². The molecule has 2 aliphatic rings. The van der Waals surface area contributed by atoms with Crippen molar-refractivity contribution in [2.75, 3.05) is 31.2 Å². The summed E-state index contributed by atoms with van der Waals surface area (Å²) in [4.78, 5) is 11.4. The summed E-state index contributed by atoms with van der Waals surface area (Å²) < 4.78 is 5.55. The zero-order valence-electron chi connectivity index (χ0n) is 10.6. The topological polar surface area (TPSA) is 38.2 Å². The van der Waals surface area contributed by atoms with E-state index in [1.54, 1.807) is 0 Å². The van der Waals surface area contributed by atoms with Crippen molar-refractivity contribution >= 4 is 5.95 Å². The molecule has 0 bridgehead atoms. The van der Waals surface area contributed by atoms with E-state index in [2.05, 4.69) is 14.9 Å². The number of aryl methyl sites for hydroxylation is 2. The second kappa shape index (κ2) is 3.95. The second-order valence-corrected chi connectivity index (χ2v) is 5.42. The van der Waals surface area contributed by atoms with Crippen molar-refractivity contribution in [1.82, 2.24) is 9.97 Å². The van der Waals surface area contributed by atoms with E-state index >= 15 is 0 Å². The largest absolute Gasteiger partial charge is 0.381 e. The molecular formula is C13H19N3O. The lowest BCUT2D eigenvalue weighted by molar-refractivity contribution is 0.160. The molecule has 1 aromatic heterocycles. The third kappa shape index (κ3) is 2.02. The monoisotopic (exact) mass is 233 g/mol. The number of ether oxygens (including phenoxy) is 1. The quantitative estimate of drug-likeness (QED) is 0.740. The van der Waals surface area contributed by atoms with E-state index in [0.717, 1.165) is 43.6 Å². The van der Waals surface area contributed by atoms with Crippen LogP contribution in [0.3, 0.4) is 0 Å². The third-order valence-electron chi connectivity index (χ3n) is 3.88. The third-order valence-corrected chi connectivity index (χ3v) is 3.88. The fourth-order valence-electron chi connectivity index (χ4n) is 2.93. The van der Waals surface area contributed by atoms with Crippen LogP contribution in [0.1, 0.15) is 24.2 Å². The summed E-state index contributed by atoms with van der Waals surface area (Å²) in [5.41, 5.74) is 2.48. The number of nitrogens with zero attached hydrogens (tertiary/aromatic N) is 3. The normalized spacial score (nSPS) is 28.2. The van der Waals surface area contributed by atoms with Crippen molar-refractivity contribution in [1.29, 1.82) is 0 Å². The average Bonchev–Trinajstić information content (AvgIpc) is 2.88. The number of hydrogen-bond donors (Lipinski definition) is 0. The zero-order chi connectivity index (χ0) is 11.9. The molecule has 0 unspecified atom stereocenters. The summed E-state index contributed by atoms with van der Waals surface area (Å²) in [7, 11) is 0. The van der Waals surface area contributed by atoms with Crippen LogP contribution in [0, 0.1) is 19.3 Å². The van der Waals surface area contributed by atoms with Crippen molar-refractivity contribution in [2.24, 2.45) is 5.41 Å². The van der Waals surface area contributed by atoms with Crippen LogP contribution in [-0.2, 0) is 4.74 Å². The van der Waals surface area contributed by atoms with E-state index in [1.165, 1.54) is 12.8 Å². The Hall–Kier alpha value is -1.16. The Morgan fingerprint density at radius 2 is 2.00 bits per heavy atom. The molecule has 2 saturated heterocycles. The number of rotatable bonds is 1. The molecular weight excluding hydrogens is 214 g/mol. The Kier molecular flexibility index (Phi) is 2.54. The van der Waals surface area contributed by atoms with E-state index in [1.807, 2.05) is 19.9 Å². The number of anilines is 1. The fourth-order valence-corrected chi connectivity index (χ4v) is 2.93. The highest BCUT2D eigenvalue weighted by Gasteiger charge is 2.42. The highest BCUT2D eigenvalue weighted by atomic mass is 16.5. The van der Waals surface area contributed by atoms with Gasteiger partial charge in [-0.1, -0.05) is 0 Å². The fraction of sp³-hybridized carbons (Fsp3) is 0.692. The van der Waals surface area contributed by atoms with Gasteiger partial charge < -0.3 is 9.64 Å². The maximum atomic E-state index is 5.55. The van der Waals surface area contributed by atoms with Crippen LogP contribution in [0.2, 0.25) is 0 Å². The van der Waals surface area contributed by atoms with Crippen molar-refractivity contribution in [3.05, 3.63) is 17.5 Å².